The fourth-order valence-electron chi connectivity index (χ4n) is 3.47. The number of aliphatic imine (C=N–C) groups is 1. The Balaban J connectivity index is 1.97. The summed E-state index contributed by atoms with van der Waals surface area (Å²) in [5.74, 6) is 0.999. The lowest BCUT2D eigenvalue weighted by molar-refractivity contribution is -0.138. The molecule has 2 N–H and O–H groups in total. The number of thiazole rings is 1. The molecule has 0 spiro atoms. The molecule has 0 atom stereocenters. The maximum Gasteiger partial charge on any atom is 0.230 e. The van der Waals surface area contributed by atoms with Crippen LogP contribution in [0.1, 0.15) is 48.2 Å². The second-order valence-corrected chi connectivity index (χ2v) is 8.60. The Morgan fingerprint density at radius 3 is 2.50 bits per heavy atom. The zero-order valence-corrected chi connectivity index (χ0v) is 17.6. The molecule has 1 amide bonds. The van der Waals surface area contributed by atoms with Crippen molar-refractivity contribution in [3.05, 3.63) is 15.6 Å². The smallest absolute Gasteiger partial charge is 0.230 e. The highest BCUT2D eigenvalue weighted by molar-refractivity contribution is 7.11. The second kappa shape index (κ2) is 9.35. The van der Waals surface area contributed by atoms with Crippen LogP contribution in [0.15, 0.2) is 4.99 Å². The van der Waals surface area contributed by atoms with Gasteiger partial charge in [0.1, 0.15) is 0 Å². The lowest BCUT2D eigenvalue weighted by atomic mass is 9.85. The van der Waals surface area contributed by atoms with E-state index in [0.717, 1.165) is 61.9 Å². The Labute approximate surface area is 161 Å². The number of hydrogen-bond donors (Lipinski definition) is 2. The van der Waals surface area contributed by atoms with Crippen LogP contribution < -0.4 is 10.6 Å². The molecule has 1 aromatic heterocycles. The monoisotopic (exact) mass is 379 g/mol. The molecule has 1 aromatic rings. The predicted molar refractivity (Wildman–Crippen MR) is 109 cm³/mol. The molecule has 2 rings (SSSR count). The largest absolute Gasteiger partial charge is 0.357 e. The van der Waals surface area contributed by atoms with E-state index < -0.39 is 0 Å². The number of amides is 1. The van der Waals surface area contributed by atoms with E-state index in [1.54, 1.807) is 16.2 Å². The summed E-state index contributed by atoms with van der Waals surface area (Å²) >= 11 is 1.76. The van der Waals surface area contributed by atoms with Crippen LogP contribution in [0, 0.1) is 19.3 Å². The average Bonchev–Trinajstić information content (AvgIpc) is 3.20. The van der Waals surface area contributed by atoms with Crippen LogP contribution in [0.2, 0.25) is 0 Å². The summed E-state index contributed by atoms with van der Waals surface area (Å²) < 4.78 is 0. The second-order valence-electron chi connectivity index (χ2n) is 7.31. The Kier molecular flexibility index (Phi) is 7.43. The molecule has 1 saturated carbocycles. The summed E-state index contributed by atoms with van der Waals surface area (Å²) in [5.41, 5.74) is 0.797. The van der Waals surface area contributed by atoms with Crippen molar-refractivity contribution in [2.24, 2.45) is 10.4 Å². The van der Waals surface area contributed by atoms with E-state index in [4.69, 9.17) is 4.99 Å². The van der Waals surface area contributed by atoms with Crippen LogP contribution in [0.5, 0.6) is 0 Å². The molecule has 0 aromatic carbocycles. The minimum absolute atomic E-state index is 0.211. The molecule has 1 aliphatic carbocycles. The first-order valence-electron chi connectivity index (χ1n) is 9.55. The molecule has 1 heterocycles. The van der Waals surface area contributed by atoms with Crippen molar-refractivity contribution >= 4 is 23.2 Å². The van der Waals surface area contributed by atoms with E-state index in [-0.39, 0.29) is 11.3 Å². The third-order valence-corrected chi connectivity index (χ3v) is 6.14. The summed E-state index contributed by atoms with van der Waals surface area (Å²) in [5, 5.41) is 7.83. The van der Waals surface area contributed by atoms with Gasteiger partial charge in [-0.25, -0.2) is 4.98 Å². The average molecular weight is 380 g/mol. The summed E-state index contributed by atoms with van der Waals surface area (Å²) in [6.07, 6.45) is 4.98. The zero-order valence-electron chi connectivity index (χ0n) is 16.8. The number of rotatable bonds is 7. The van der Waals surface area contributed by atoms with E-state index in [1.807, 2.05) is 14.1 Å². The third-order valence-electron chi connectivity index (χ3n) is 5.01. The van der Waals surface area contributed by atoms with Gasteiger partial charge in [0.15, 0.2) is 5.96 Å². The number of aryl methyl sites for hydroxylation is 2. The van der Waals surface area contributed by atoms with E-state index in [1.165, 1.54) is 4.88 Å². The topological polar surface area (TPSA) is 69.6 Å². The Bertz CT molecular complexity index is 612. The molecule has 1 aliphatic rings. The van der Waals surface area contributed by atoms with Gasteiger partial charge in [-0.1, -0.05) is 12.8 Å². The van der Waals surface area contributed by atoms with Gasteiger partial charge in [0.05, 0.1) is 22.7 Å². The number of nitrogens with zero attached hydrogens (tertiary/aromatic N) is 3. The van der Waals surface area contributed by atoms with Crippen molar-refractivity contribution in [2.45, 2.75) is 52.9 Å². The Morgan fingerprint density at radius 1 is 1.27 bits per heavy atom. The van der Waals surface area contributed by atoms with Crippen LogP contribution in [0.25, 0.3) is 0 Å². The summed E-state index contributed by atoms with van der Waals surface area (Å²) in [7, 11) is 3.68. The molecule has 26 heavy (non-hydrogen) atoms. The van der Waals surface area contributed by atoms with Crippen LogP contribution in [-0.4, -0.2) is 55.5 Å². The van der Waals surface area contributed by atoms with Gasteiger partial charge in [-0.05, 0) is 33.6 Å². The molecular formula is C19H33N5OS. The number of aromatic nitrogens is 1. The minimum Gasteiger partial charge on any atom is -0.357 e. The van der Waals surface area contributed by atoms with Gasteiger partial charge < -0.3 is 15.5 Å². The summed E-state index contributed by atoms with van der Waals surface area (Å²) in [4.78, 5) is 25.0. The Morgan fingerprint density at radius 2 is 1.96 bits per heavy atom. The van der Waals surface area contributed by atoms with Crippen LogP contribution in [0.3, 0.4) is 0 Å². The lowest BCUT2D eigenvalue weighted by Gasteiger charge is -2.29. The van der Waals surface area contributed by atoms with Gasteiger partial charge >= 0.3 is 0 Å². The van der Waals surface area contributed by atoms with Gasteiger partial charge in [0.25, 0.3) is 0 Å². The van der Waals surface area contributed by atoms with E-state index >= 15 is 0 Å². The van der Waals surface area contributed by atoms with Crippen molar-refractivity contribution in [2.75, 3.05) is 33.7 Å². The fourth-order valence-corrected chi connectivity index (χ4v) is 4.41. The molecule has 0 radical (unpaired) electrons. The molecular weight excluding hydrogens is 346 g/mol. The SMILES string of the molecule is CCNC(=NCC1(C(=O)N(C)C)CCCC1)NCCc1nc(C)c(C)s1. The normalized spacial score (nSPS) is 16.6. The van der Waals surface area contributed by atoms with Crippen molar-refractivity contribution in [3.63, 3.8) is 0 Å². The van der Waals surface area contributed by atoms with Crippen LogP contribution >= 0.6 is 11.3 Å². The fraction of sp³-hybridized carbons (Fsp3) is 0.737. The van der Waals surface area contributed by atoms with Gasteiger partial charge in [-0.15, -0.1) is 11.3 Å². The first-order chi connectivity index (χ1) is 12.4. The molecule has 6 nitrogen and oxygen atoms in total. The van der Waals surface area contributed by atoms with Crippen molar-refractivity contribution in [1.82, 2.24) is 20.5 Å². The number of guanidine groups is 1. The summed E-state index contributed by atoms with van der Waals surface area (Å²) in [6, 6.07) is 0. The van der Waals surface area contributed by atoms with Crippen molar-refractivity contribution < 1.29 is 4.79 Å². The Hall–Kier alpha value is -1.63. The van der Waals surface area contributed by atoms with Gasteiger partial charge in [-0.2, -0.15) is 0 Å². The molecule has 146 valence electrons. The molecule has 0 bridgehead atoms. The molecule has 0 aliphatic heterocycles. The van der Waals surface area contributed by atoms with E-state index in [2.05, 4.69) is 36.4 Å². The maximum atomic E-state index is 12.7. The minimum atomic E-state index is -0.324. The standard InChI is InChI=1S/C19H33N5OS/c1-6-20-18(21-12-9-16-23-14(2)15(3)26-16)22-13-19(10-7-8-11-19)17(25)24(4)5/h6-13H2,1-5H3,(H2,20,21,22). The molecule has 7 heteroatoms. The number of carbonyl (C=O) groups excluding carboxylic acids is 1. The first kappa shape index (κ1) is 20.7. The number of nitrogens with one attached hydrogen (secondary N) is 2. The highest BCUT2D eigenvalue weighted by Crippen LogP contribution is 2.39. The molecule has 1 fully saturated rings. The number of hydrogen-bond acceptors (Lipinski definition) is 4. The molecule has 0 unspecified atom stereocenters. The zero-order chi connectivity index (χ0) is 19.2. The maximum absolute atomic E-state index is 12.7. The first-order valence-corrected chi connectivity index (χ1v) is 10.4. The van der Waals surface area contributed by atoms with Crippen LogP contribution in [0.4, 0.5) is 0 Å². The quantitative estimate of drug-likeness (QED) is 0.564. The van der Waals surface area contributed by atoms with Crippen LogP contribution in [-0.2, 0) is 11.2 Å². The number of carbonyl (C=O) groups is 1. The highest BCUT2D eigenvalue weighted by Gasteiger charge is 2.42. The molecule has 0 saturated heterocycles. The van der Waals surface area contributed by atoms with Gasteiger partial charge in [-0.3, -0.25) is 9.79 Å². The van der Waals surface area contributed by atoms with Crippen molar-refractivity contribution in [3.8, 4) is 0 Å². The third kappa shape index (κ3) is 5.19. The highest BCUT2D eigenvalue weighted by atomic mass is 32.1. The van der Waals surface area contributed by atoms with E-state index in [9.17, 15) is 4.79 Å². The van der Waals surface area contributed by atoms with Gasteiger partial charge in [0.2, 0.25) is 5.91 Å². The lowest BCUT2D eigenvalue weighted by Crippen LogP contribution is -2.43. The van der Waals surface area contributed by atoms with Gasteiger partial charge in [0, 0.05) is 38.5 Å². The summed E-state index contributed by atoms with van der Waals surface area (Å²) in [6.45, 7) is 8.36. The van der Waals surface area contributed by atoms with E-state index in [0.29, 0.717) is 6.54 Å². The predicted octanol–water partition coefficient (Wildman–Crippen LogP) is 2.51. The van der Waals surface area contributed by atoms with Crippen molar-refractivity contribution in [1.29, 1.82) is 0 Å².